The van der Waals surface area contributed by atoms with Crippen molar-refractivity contribution in [3.05, 3.63) is 34.2 Å². The Kier molecular flexibility index (Phi) is 3.58. The number of nitrogens with one attached hydrogen (secondary N) is 2. The number of amides is 1. The molecule has 0 radical (unpaired) electrons. The number of carbonyl (C=O) groups excluding carboxylic acids is 1. The number of hydrogen-bond donors (Lipinski definition) is 2. The van der Waals surface area contributed by atoms with Gasteiger partial charge in [0.1, 0.15) is 5.69 Å². The topological polar surface area (TPSA) is 65.2 Å². The lowest BCUT2D eigenvalue weighted by atomic mass is 10.1. The van der Waals surface area contributed by atoms with Gasteiger partial charge >= 0.3 is 0 Å². The number of rotatable bonds is 2. The fourth-order valence-electron chi connectivity index (χ4n) is 2.09. The molecule has 5 heteroatoms. The number of aromatic amines is 1. The summed E-state index contributed by atoms with van der Waals surface area (Å²) in [6, 6.07) is 4.84. The van der Waals surface area contributed by atoms with E-state index in [-0.39, 0.29) is 17.5 Å². The minimum atomic E-state index is -0.244. The van der Waals surface area contributed by atoms with Crippen molar-refractivity contribution >= 4 is 5.91 Å². The van der Waals surface area contributed by atoms with Crippen molar-refractivity contribution in [2.45, 2.75) is 18.9 Å². The van der Waals surface area contributed by atoms with Crippen molar-refractivity contribution in [2.75, 3.05) is 20.1 Å². The molecule has 1 aromatic heterocycles. The van der Waals surface area contributed by atoms with Crippen LogP contribution in [0.5, 0.6) is 0 Å². The van der Waals surface area contributed by atoms with E-state index in [2.05, 4.69) is 10.3 Å². The molecule has 1 unspecified atom stereocenters. The summed E-state index contributed by atoms with van der Waals surface area (Å²) in [5.41, 5.74) is 0.108. The Bertz CT molecular complexity index is 449. The van der Waals surface area contributed by atoms with Gasteiger partial charge in [-0.1, -0.05) is 6.07 Å². The summed E-state index contributed by atoms with van der Waals surface area (Å²) in [7, 11) is 1.78. The average molecular weight is 235 g/mol. The molecule has 1 amide bonds. The van der Waals surface area contributed by atoms with Crippen LogP contribution in [-0.2, 0) is 0 Å². The van der Waals surface area contributed by atoms with Gasteiger partial charge in [-0.2, -0.15) is 0 Å². The van der Waals surface area contributed by atoms with Gasteiger partial charge in [-0.25, -0.2) is 0 Å². The van der Waals surface area contributed by atoms with Crippen molar-refractivity contribution in [3.63, 3.8) is 0 Å². The Morgan fingerprint density at radius 1 is 1.47 bits per heavy atom. The van der Waals surface area contributed by atoms with Crippen LogP contribution in [0.1, 0.15) is 23.3 Å². The smallest absolute Gasteiger partial charge is 0.270 e. The predicted octanol–water partition coefficient (Wildman–Crippen LogP) is 0.199. The molecule has 2 heterocycles. The SMILES string of the molecule is CN(C(=O)c1cccc(=O)[nH]1)C1CCCNC1. The fourth-order valence-corrected chi connectivity index (χ4v) is 2.09. The van der Waals surface area contributed by atoms with E-state index < -0.39 is 0 Å². The standard InChI is InChI=1S/C12H17N3O2/c1-15(9-4-3-7-13-8-9)12(17)10-5-2-6-11(16)14-10/h2,5-6,9,13H,3-4,7-8H2,1H3,(H,14,16). The number of pyridine rings is 1. The maximum atomic E-state index is 12.1. The lowest BCUT2D eigenvalue weighted by molar-refractivity contribution is 0.0702. The molecule has 1 aliphatic rings. The first-order valence-electron chi connectivity index (χ1n) is 5.85. The molecule has 1 aliphatic heterocycles. The Morgan fingerprint density at radius 3 is 2.94 bits per heavy atom. The molecule has 1 fully saturated rings. The number of H-pyrrole nitrogens is 1. The van der Waals surface area contributed by atoms with Gasteiger partial charge in [-0.15, -0.1) is 0 Å². The monoisotopic (exact) mass is 235 g/mol. The van der Waals surface area contributed by atoms with Crippen molar-refractivity contribution in [3.8, 4) is 0 Å². The van der Waals surface area contributed by atoms with Gasteiger partial charge in [-0.3, -0.25) is 9.59 Å². The maximum absolute atomic E-state index is 12.1. The zero-order valence-electron chi connectivity index (χ0n) is 9.90. The van der Waals surface area contributed by atoms with Gasteiger partial charge in [0.15, 0.2) is 0 Å². The second kappa shape index (κ2) is 5.14. The van der Waals surface area contributed by atoms with Gasteiger partial charge in [-0.05, 0) is 25.5 Å². The van der Waals surface area contributed by atoms with E-state index in [1.807, 2.05) is 0 Å². The van der Waals surface area contributed by atoms with Crippen LogP contribution in [0.15, 0.2) is 23.0 Å². The third-order valence-corrected chi connectivity index (χ3v) is 3.14. The number of piperidine rings is 1. The molecule has 2 rings (SSSR count). The Morgan fingerprint density at radius 2 is 2.29 bits per heavy atom. The first-order valence-corrected chi connectivity index (χ1v) is 5.85. The van der Waals surface area contributed by atoms with E-state index in [0.717, 1.165) is 25.9 Å². The Balaban J connectivity index is 2.11. The van der Waals surface area contributed by atoms with Crippen LogP contribution < -0.4 is 10.9 Å². The molecule has 0 saturated carbocycles. The zero-order chi connectivity index (χ0) is 12.3. The number of likely N-dealkylation sites (N-methyl/N-ethyl adjacent to an activating group) is 1. The van der Waals surface area contributed by atoms with Crippen LogP contribution in [0.4, 0.5) is 0 Å². The average Bonchev–Trinajstić information content (AvgIpc) is 2.38. The molecular weight excluding hydrogens is 218 g/mol. The second-order valence-corrected chi connectivity index (χ2v) is 4.34. The molecule has 0 spiro atoms. The first kappa shape index (κ1) is 11.9. The van der Waals surface area contributed by atoms with Gasteiger partial charge in [0.25, 0.3) is 5.91 Å². The normalized spacial score (nSPS) is 19.9. The van der Waals surface area contributed by atoms with Crippen molar-refractivity contribution in [2.24, 2.45) is 0 Å². The van der Waals surface area contributed by atoms with Gasteiger partial charge in [0.2, 0.25) is 5.56 Å². The van der Waals surface area contributed by atoms with Crippen LogP contribution in [-0.4, -0.2) is 42.0 Å². The van der Waals surface area contributed by atoms with Crippen molar-refractivity contribution in [1.29, 1.82) is 0 Å². The number of carbonyl (C=O) groups is 1. The van der Waals surface area contributed by atoms with Gasteiger partial charge in [0.05, 0.1) is 0 Å². The Hall–Kier alpha value is -1.62. The van der Waals surface area contributed by atoms with Crippen LogP contribution in [0, 0.1) is 0 Å². The fraction of sp³-hybridized carbons (Fsp3) is 0.500. The zero-order valence-corrected chi connectivity index (χ0v) is 9.90. The summed E-state index contributed by atoms with van der Waals surface area (Å²) in [6.45, 7) is 1.83. The van der Waals surface area contributed by atoms with E-state index in [1.165, 1.54) is 6.07 Å². The van der Waals surface area contributed by atoms with E-state index >= 15 is 0 Å². The molecule has 2 N–H and O–H groups in total. The molecule has 0 aliphatic carbocycles. The largest absolute Gasteiger partial charge is 0.336 e. The van der Waals surface area contributed by atoms with Crippen LogP contribution in [0.3, 0.4) is 0 Å². The molecule has 1 atom stereocenters. The van der Waals surface area contributed by atoms with E-state index in [4.69, 9.17) is 0 Å². The van der Waals surface area contributed by atoms with Crippen LogP contribution in [0.25, 0.3) is 0 Å². The summed E-state index contributed by atoms with van der Waals surface area (Å²) in [6.07, 6.45) is 2.08. The molecule has 5 nitrogen and oxygen atoms in total. The molecule has 17 heavy (non-hydrogen) atoms. The molecule has 0 aromatic carbocycles. The van der Waals surface area contributed by atoms with Crippen molar-refractivity contribution < 1.29 is 4.79 Å². The quantitative estimate of drug-likeness (QED) is 0.769. The maximum Gasteiger partial charge on any atom is 0.270 e. The van der Waals surface area contributed by atoms with E-state index in [1.54, 1.807) is 24.1 Å². The molecule has 1 saturated heterocycles. The summed E-state index contributed by atoms with van der Waals surface area (Å²) in [5, 5.41) is 3.27. The number of hydrogen-bond acceptors (Lipinski definition) is 3. The minimum Gasteiger partial charge on any atom is -0.336 e. The highest BCUT2D eigenvalue weighted by Gasteiger charge is 2.23. The lowest BCUT2D eigenvalue weighted by Gasteiger charge is -2.31. The molecule has 0 bridgehead atoms. The summed E-state index contributed by atoms with van der Waals surface area (Å²) < 4.78 is 0. The highest BCUT2D eigenvalue weighted by molar-refractivity contribution is 5.92. The summed E-state index contributed by atoms with van der Waals surface area (Å²) in [5.74, 6) is -0.128. The summed E-state index contributed by atoms with van der Waals surface area (Å²) >= 11 is 0. The highest BCUT2D eigenvalue weighted by Crippen LogP contribution is 2.10. The number of aromatic nitrogens is 1. The molecule has 92 valence electrons. The van der Waals surface area contributed by atoms with E-state index in [9.17, 15) is 9.59 Å². The third kappa shape index (κ3) is 2.74. The highest BCUT2D eigenvalue weighted by atomic mass is 16.2. The van der Waals surface area contributed by atoms with Gasteiger partial charge < -0.3 is 15.2 Å². The lowest BCUT2D eigenvalue weighted by Crippen LogP contribution is -2.47. The second-order valence-electron chi connectivity index (χ2n) is 4.34. The van der Waals surface area contributed by atoms with Crippen LogP contribution >= 0.6 is 0 Å². The first-order chi connectivity index (χ1) is 8.18. The molecular formula is C12H17N3O2. The Labute approximate surface area is 99.8 Å². The third-order valence-electron chi connectivity index (χ3n) is 3.14. The van der Waals surface area contributed by atoms with Crippen LogP contribution in [0.2, 0.25) is 0 Å². The van der Waals surface area contributed by atoms with Gasteiger partial charge in [0, 0.05) is 25.7 Å². The minimum absolute atomic E-state index is 0.128. The van der Waals surface area contributed by atoms with Crippen molar-refractivity contribution in [1.82, 2.24) is 15.2 Å². The predicted molar refractivity (Wildman–Crippen MR) is 65.0 cm³/mol. The number of nitrogens with zero attached hydrogens (tertiary/aromatic N) is 1. The van der Waals surface area contributed by atoms with E-state index in [0.29, 0.717) is 5.69 Å². The molecule has 1 aromatic rings. The summed E-state index contributed by atoms with van der Waals surface area (Å²) in [4.78, 5) is 27.5.